The van der Waals surface area contributed by atoms with Gasteiger partial charge in [0.25, 0.3) is 0 Å². The Morgan fingerprint density at radius 3 is 2.87 bits per heavy atom. The Bertz CT molecular complexity index is 719. The van der Waals surface area contributed by atoms with Crippen LogP contribution in [0.3, 0.4) is 0 Å². The number of hydrogen-bond acceptors (Lipinski definition) is 3. The summed E-state index contributed by atoms with van der Waals surface area (Å²) in [7, 11) is 0. The first-order valence-electron chi connectivity index (χ1n) is 8.16. The minimum absolute atomic E-state index is 0.0590. The van der Waals surface area contributed by atoms with Crippen molar-refractivity contribution in [2.75, 3.05) is 0 Å². The minimum atomic E-state index is 0.0590. The summed E-state index contributed by atoms with van der Waals surface area (Å²) in [6.45, 7) is 0. The molecule has 2 aromatic rings. The molecule has 2 heterocycles. The van der Waals surface area contributed by atoms with Crippen molar-refractivity contribution in [3.8, 4) is 11.8 Å². The maximum atomic E-state index is 12.2. The zero-order valence-electron chi connectivity index (χ0n) is 13.1. The van der Waals surface area contributed by atoms with Crippen LogP contribution in [0, 0.1) is 17.8 Å². The van der Waals surface area contributed by atoms with Gasteiger partial charge in [-0.2, -0.15) is 0 Å². The summed E-state index contributed by atoms with van der Waals surface area (Å²) in [6.07, 6.45) is 11.3. The van der Waals surface area contributed by atoms with Gasteiger partial charge < -0.3 is 0 Å². The molecule has 0 atom stereocenters. The van der Waals surface area contributed by atoms with Crippen molar-refractivity contribution < 1.29 is 4.79 Å². The van der Waals surface area contributed by atoms with Crippen LogP contribution in [0.2, 0.25) is 0 Å². The topological polar surface area (TPSA) is 17.1 Å². The summed E-state index contributed by atoms with van der Waals surface area (Å²) < 4.78 is 0. The molecule has 1 nitrogen and oxygen atoms in total. The van der Waals surface area contributed by atoms with Gasteiger partial charge in [-0.3, -0.25) is 4.79 Å². The molecule has 3 rings (SSSR count). The highest BCUT2D eigenvalue weighted by molar-refractivity contribution is 7.14. The van der Waals surface area contributed by atoms with Gasteiger partial charge in [0.1, 0.15) is 0 Å². The molecule has 3 heteroatoms. The molecule has 1 saturated carbocycles. The van der Waals surface area contributed by atoms with Gasteiger partial charge in [-0.15, -0.1) is 22.7 Å². The van der Waals surface area contributed by atoms with E-state index in [4.69, 9.17) is 0 Å². The molecule has 0 saturated heterocycles. The molecule has 0 amide bonds. The second-order valence-electron chi connectivity index (χ2n) is 5.89. The van der Waals surface area contributed by atoms with Crippen LogP contribution in [0.1, 0.15) is 58.0 Å². The summed E-state index contributed by atoms with van der Waals surface area (Å²) in [4.78, 5) is 15.0. The smallest absolute Gasteiger partial charge is 0.195 e. The Kier molecular flexibility index (Phi) is 5.85. The summed E-state index contributed by atoms with van der Waals surface area (Å²) in [6, 6.07) is 7.84. The molecule has 23 heavy (non-hydrogen) atoms. The second kappa shape index (κ2) is 8.29. The van der Waals surface area contributed by atoms with Crippen molar-refractivity contribution in [3.63, 3.8) is 0 Å². The summed E-state index contributed by atoms with van der Waals surface area (Å²) in [5.41, 5.74) is 0. The Balaban J connectivity index is 1.56. The van der Waals surface area contributed by atoms with Gasteiger partial charge in [0.05, 0.1) is 9.75 Å². The fourth-order valence-electron chi connectivity index (χ4n) is 2.84. The van der Waals surface area contributed by atoms with Gasteiger partial charge in [-0.05, 0) is 54.5 Å². The molecule has 118 valence electrons. The van der Waals surface area contributed by atoms with Crippen molar-refractivity contribution in [2.45, 2.75) is 38.5 Å². The lowest BCUT2D eigenvalue weighted by Gasteiger charge is -2.18. The molecule has 0 aromatic carbocycles. The fourth-order valence-corrected chi connectivity index (χ4v) is 4.26. The van der Waals surface area contributed by atoms with E-state index in [0.717, 1.165) is 27.0 Å². The lowest BCUT2D eigenvalue weighted by Crippen LogP contribution is -2.04. The summed E-state index contributed by atoms with van der Waals surface area (Å²) in [5, 5.41) is 2.01. The molecule has 0 bridgehead atoms. The van der Waals surface area contributed by atoms with Crippen molar-refractivity contribution in [2.24, 2.45) is 5.92 Å². The molecule has 0 N–H and O–H groups in total. The Hall–Kier alpha value is -1.63. The molecular weight excluding hydrogens is 320 g/mol. The summed E-state index contributed by atoms with van der Waals surface area (Å²) in [5.74, 6) is 7.38. The predicted octanol–water partition coefficient (Wildman–Crippen LogP) is 6.03. The standard InChI is InChI=1S/C20H20OS2/c21-19(13-11-17-10-5-15-22-17)20-14-12-18(23-20)9-4-8-16-6-2-1-3-7-16/h5,10-16H,1-3,6-8H2/b13-11+. The first-order chi connectivity index (χ1) is 11.3. The number of ketones is 1. The van der Waals surface area contributed by atoms with Crippen LogP contribution >= 0.6 is 22.7 Å². The van der Waals surface area contributed by atoms with E-state index in [1.807, 2.05) is 35.7 Å². The molecular formula is C20H20OS2. The third-order valence-electron chi connectivity index (χ3n) is 4.12. The SMILES string of the molecule is O=C(/C=C/c1cccs1)c1ccc(C#CCC2CCCCC2)s1. The number of carbonyl (C=O) groups excluding carboxylic acids is 1. The maximum absolute atomic E-state index is 12.2. The monoisotopic (exact) mass is 340 g/mol. The van der Waals surface area contributed by atoms with Crippen LogP contribution in [0.4, 0.5) is 0 Å². The third kappa shape index (κ3) is 4.92. The van der Waals surface area contributed by atoms with Gasteiger partial charge in [0.15, 0.2) is 5.78 Å². The average molecular weight is 341 g/mol. The molecule has 1 fully saturated rings. The Labute approximate surface area is 146 Å². The molecule has 0 spiro atoms. The third-order valence-corrected chi connectivity index (χ3v) is 5.97. The van der Waals surface area contributed by atoms with E-state index in [1.54, 1.807) is 17.4 Å². The number of allylic oxidation sites excluding steroid dienone is 1. The molecule has 1 aliphatic rings. The van der Waals surface area contributed by atoms with Crippen molar-refractivity contribution >= 4 is 34.5 Å². The molecule has 0 unspecified atom stereocenters. The highest BCUT2D eigenvalue weighted by atomic mass is 32.1. The van der Waals surface area contributed by atoms with E-state index in [0.29, 0.717) is 0 Å². The highest BCUT2D eigenvalue weighted by Gasteiger charge is 2.11. The molecule has 2 aromatic heterocycles. The van der Waals surface area contributed by atoms with Crippen LogP contribution in [-0.2, 0) is 0 Å². The normalized spacial score (nSPS) is 15.5. The first-order valence-corrected chi connectivity index (χ1v) is 9.85. The Morgan fingerprint density at radius 2 is 2.09 bits per heavy atom. The zero-order valence-corrected chi connectivity index (χ0v) is 14.7. The molecule has 1 aliphatic carbocycles. The van der Waals surface area contributed by atoms with E-state index < -0.39 is 0 Å². The van der Waals surface area contributed by atoms with Crippen LogP contribution in [0.5, 0.6) is 0 Å². The number of carbonyl (C=O) groups is 1. The fraction of sp³-hybridized carbons (Fsp3) is 0.350. The lowest BCUT2D eigenvalue weighted by molar-refractivity contribution is 0.105. The largest absolute Gasteiger partial charge is 0.288 e. The van der Waals surface area contributed by atoms with Gasteiger partial charge in [0, 0.05) is 11.3 Å². The lowest BCUT2D eigenvalue weighted by atomic mass is 9.87. The minimum Gasteiger partial charge on any atom is -0.288 e. The number of thiophene rings is 2. The van der Waals surface area contributed by atoms with Gasteiger partial charge in [-0.1, -0.05) is 37.2 Å². The van der Waals surface area contributed by atoms with E-state index in [2.05, 4.69) is 11.8 Å². The van der Waals surface area contributed by atoms with E-state index in [1.165, 1.54) is 43.4 Å². The van der Waals surface area contributed by atoms with Crippen LogP contribution in [0.25, 0.3) is 6.08 Å². The number of hydrogen-bond donors (Lipinski definition) is 0. The van der Waals surface area contributed by atoms with Gasteiger partial charge in [-0.25, -0.2) is 0 Å². The quantitative estimate of drug-likeness (QED) is 0.377. The van der Waals surface area contributed by atoms with Gasteiger partial charge >= 0.3 is 0 Å². The maximum Gasteiger partial charge on any atom is 0.195 e. The van der Waals surface area contributed by atoms with Crippen LogP contribution in [0.15, 0.2) is 35.7 Å². The summed E-state index contributed by atoms with van der Waals surface area (Å²) >= 11 is 3.13. The molecule has 0 aliphatic heterocycles. The van der Waals surface area contributed by atoms with Gasteiger partial charge in [0.2, 0.25) is 0 Å². The van der Waals surface area contributed by atoms with Crippen molar-refractivity contribution in [3.05, 3.63) is 50.4 Å². The molecule has 0 radical (unpaired) electrons. The van der Waals surface area contributed by atoms with Crippen molar-refractivity contribution in [1.82, 2.24) is 0 Å². The second-order valence-corrected chi connectivity index (χ2v) is 7.95. The first kappa shape index (κ1) is 16.2. The van der Waals surface area contributed by atoms with E-state index in [-0.39, 0.29) is 5.78 Å². The van der Waals surface area contributed by atoms with E-state index >= 15 is 0 Å². The zero-order chi connectivity index (χ0) is 15.9. The van der Waals surface area contributed by atoms with Crippen LogP contribution in [-0.4, -0.2) is 5.78 Å². The van der Waals surface area contributed by atoms with Crippen molar-refractivity contribution in [1.29, 1.82) is 0 Å². The predicted molar refractivity (Wildman–Crippen MR) is 100 cm³/mol. The van der Waals surface area contributed by atoms with E-state index in [9.17, 15) is 4.79 Å². The number of rotatable bonds is 4. The Morgan fingerprint density at radius 1 is 1.22 bits per heavy atom. The highest BCUT2D eigenvalue weighted by Crippen LogP contribution is 2.26. The van der Waals surface area contributed by atoms with Crippen LogP contribution < -0.4 is 0 Å². The average Bonchev–Trinajstić information content (AvgIpc) is 3.25.